The second-order valence-corrected chi connectivity index (χ2v) is 5.06. The van der Waals surface area contributed by atoms with Crippen molar-refractivity contribution < 1.29 is 0 Å². The highest BCUT2D eigenvalue weighted by atomic mass is 14.2. The van der Waals surface area contributed by atoms with Gasteiger partial charge in [-0.2, -0.15) is 0 Å². The molecule has 0 N–H and O–H groups in total. The van der Waals surface area contributed by atoms with Gasteiger partial charge in [0.25, 0.3) is 0 Å². The summed E-state index contributed by atoms with van der Waals surface area (Å²) in [6.45, 7) is 10.7. The first kappa shape index (κ1) is 12.3. The van der Waals surface area contributed by atoms with Gasteiger partial charge in [0, 0.05) is 0 Å². The predicted octanol–water partition coefficient (Wildman–Crippen LogP) is 4.89. The maximum atomic E-state index is 4.00. The second-order valence-electron chi connectivity index (χ2n) is 5.06. The zero-order chi connectivity index (χ0) is 11.3. The molecule has 15 heavy (non-hydrogen) atoms. The molecule has 2 atom stereocenters. The van der Waals surface area contributed by atoms with E-state index in [0.717, 1.165) is 11.8 Å². The zero-order valence-electron chi connectivity index (χ0n) is 10.4. The summed E-state index contributed by atoms with van der Waals surface area (Å²) in [7, 11) is 0. The van der Waals surface area contributed by atoms with Gasteiger partial charge in [0.2, 0.25) is 0 Å². The van der Waals surface area contributed by atoms with Crippen LogP contribution in [0, 0.1) is 11.8 Å². The van der Waals surface area contributed by atoms with Crippen LogP contribution in [0.25, 0.3) is 0 Å². The lowest BCUT2D eigenvalue weighted by atomic mass is 9.82. The molecule has 0 bridgehead atoms. The summed E-state index contributed by atoms with van der Waals surface area (Å²) < 4.78 is 0. The minimum absolute atomic E-state index is 0.779. The average Bonchev–Trinajstić information content (AvgIpc) is 2.18. The summed E-state index contributed by atoms with van der Waals surface area (Å²) in [6.07, 6.45) is 12.0. The van der Waals surface area contributed by atoms with E-state index in [1.54, 1.807) is 0 Å². The van der Waals surface area contributed by atoms with Crippen LogP contribution in [-0.2, 0) is 0 Å². The van der Waals surface area contributed by atoms with Crippen molar-refractivity contribution in [2.45, 2.75) is 46.5 Å². The van der Waals surface area contributed by atoms with Crippen LogP contribution in [0.1, 0.15) is 46.5 Å². The van der Waals surface area contributed by atoms with E-state index in [-0.39, 0.29) is 0 Å². The predicted molar refractivity (Wildman–Crippen MR) is 68.8 cm³/mol. The Balaban J connectivity index is 2.34. The largest absolute Gasteiger partial charge is 0.0958 e. The molecule has 1 aliphatic rings. The Morgan fingerprint density at radius 2 is 2.33 bits per heavy atom. The van der Waals surface area contributed by atoms with Crippen molar-refractivity contribution in [3.63, 3.8) is 0 Å². The van der Waals surface area contributed by atoms with Gasteiger partial charge in [-0.05, 0) is 51.4 Å². The minimum atomic E-state index is 0.779. The fourth-order valence-corrected chi connectivity index (χ4v) is 2.11. The van der Waals surface area contributed by atoms with E-state index in [1.807, 2.05) is 0 Å². The molecule has 0 radical (unpaired) electrons. The van der Waals surface area contributed by atoms with E-state index in [2.05, 4.69) is 45.6 Å². The normalized spacial score (nSPS) is 22.6. The van der Waals surface area contributed by atoms with Crippen LogP contribution >= 0.6 is 0 Å². The molecule has 84 valence electrons. The Labute approximate surface area is 94.8 Å². The lowest BCUT2D eigenvalue weighted by Gasteiger charge is -2.23. The third-order valence-corrected chi connectivity index (χ3v) is 3.28. The van der Waals surface area contributed by atoms with Gasteiger partial charge in [-0.15, -0.1) is 0 Å². The second kappa shape index (κ2) is 5.95. The standard InChI is InChI=1S/C15H24/c1-12(2)6-5-7-14(4)15-10-8-13(3)9-11-15/h6,8,10,14-15H,3,5,7,9,11H2,1-2,4H3/t14?,15-/m0/s1. The van der Waals surface area contributed by atoms with Crippen molar-refractivity contribution in [2.75, 3.05) is 0 Å². The molecule has 0 nitrogen and oxygen atoms in total. The van der Waals surface area contributed by atoms with Gasteiger partial charge >= 0.3 is 0 Å². The summed E-state index contributed by atoms with van der Waals surface area (Å²) in [5, 5.41) is 0. The molecule has 0 amide bonds. The first-order valence-corrected chi connectivity index (χ1v) is 6.09. The zero-order valence-corrected chi connectivity index (χ0v) is 10.4. The minimum Gasteiger partial charge on any atom is -0.0958 e. The van der Waals surface area contributed by atoms with Crippen LogP contribution in [0.3, 0.4) is 0 Å². The molecule has 0 saturated carbocycles. The molecule has 0 fully saturated rings. The highest BCUT2D eigenvalue weighted by Crippen LogP contribution is 2.29. The Morgan fingerprint density at radius 1 is 1.60 bits per heavy atom. The van der Waals surface area contributed by atoms with Crippen molar-refractivity contribution in [3.8, 4) is 0 Å². The van der Waals surface area contributed by atoms with Gasteiger partial charge in [0.1, 0.15) is 0 Å². The molecule has 0 aromatic rings. The Morgan fingerprint density at radius 3 is 2.87 bits per heavy atom. The third-order valence-electron chi connectivity index (χ3n) is 3.28. The highest BCUT2D eigenvalue weighted by molar-refractivity contribution is 5.19. The lowest BCUT2D eigenvalue weighted by molar-refractivity contribution is 0.377. The molecule has 0 aromatic heterocycles. The van der Waals surface area contributed by atoms with Crippen LogP contribution in [0.5, 0.6) is 0 Å². The molecule has 1 unspecified atom stereocenters. The van der Waals surface area contributed by atoms with E-state index in [4.69, 9.17) is 0 Å². The smallest absolute Gasteiger partial charge is 0.0201 e. The van der Waals surface area contributed by atoms with Crippen molar-refractivity contribution in [2.24, 2.45) is 11.8 Å². The van der Waals surface area contributed by atoms with Crippen LogP contribution in [0.2, 0.25) is 0 Å². The van der Waals surface area contributed by atoms with Gasteiger partial charge in [0.15, 0.2) is 0 Å². The molecule has 0 spiro atoms. The summed E-state index contributed by atoms with van der Waals surface area (Å²) in [5.74, 6) is 1.59. The van der Waals surface area contributed by atoms with E-state index in [9.17, 15) is 0 Å². The van der Waals surface area contributed by atoms with Gasteiger partial charge in [-0.1, -0.05) is 42.9 Å². The number of hydrogen-bond acceptors (Lipinski definition) is 0. The molecule has 1 rings (SSSR count). The van der Waals surface area contributed by atoms with E-state index >= 15 is 0 Å². The molecule has 0 aliphatic heterocycles. The van der Waals surface area contributed by atoms with Crippen LogP contribution < -0.4 is 0 Å². The van der Waals surface area contributed by atoms with E-state index in [1.165, 1.54) is 36.8 Å². The monoisotopic (exact) mass is 204 g/mol. The van der Waals surface area contributed by atoms with Gasteiger partial charge < -0.3 is 0 Å². The number of hydrogen-bond donors (Lipinski definition) is 0. The summed E-state index contributed by atoms with van der Waals surface area (Å²) >= 11 is 0. The van der Waals surface area contributed by atoms with Gasteiger partial charge in [0.05, 0.1) is 0 Å². The Hall–Kier alpha value is -0.780. The van der Waals surface area contributed by atoms with Gasteiger partial charge in [-0.3, -0.25) is 0 Å². The van der Waals surface area contributed by atoms with Crippen LogP contribution in [-0.4, -0.2) is 0 Å². The summed E-state index contributed by atoms with van der Waals surface area (Å²) in [5.41, 5.74) is 2.73. The molecule has 0 heteroatoms. The Bertz CT molecular complexity index is 264. The first-order chi connectivity index (χ1) is 7.09. The maximum Gasteiger partial charge on any atom is -0.0201 e. The van der Waals surface area contributed by atoms with E-state index < -0.39 is 0 Å². The molecule has 0 aromatic carbocycles. The van der Waals surface area contributed by atoms with Crippen molar-refractivity contribution in [1.82, 2.24) is 0 Å². The van der Waals surface area contributed by atoms with Crippen LogP contribution in [0.15, 0.2) is 36.0 Å². The van der Waals surface area contributed by atoms with Gasteiger partial charge in [-0.25, -0.2) is 0 Å². The molecular weight excluding hydrogens is 180 g/mol. The van der Waals surface area contributed by atoms with Crippen molar-refractivity contribution in [1.29, 1.82) is 0 Å². The fraction of sp³-hybridized carbons (Fsp3) is 0.600. The molecule has 1 aliphatic carbocycles. The van der Waals surface area contributed by atoms with Crippen LogP contribution in [0.4, 0.5) is 0 Å². The molecule has 0 heterocycles. The third kappa shape index (κ3) is 4.51. The molecule has 0 saturated heterocycles. The summed E-state index contributed by atoms with van der Waals surface area (Å²) in [6, 6.07) is 0. The van der Waals surface area contributed by atoms with E-state index in [0.29, 0.717) is 0 Å². The maximum absolute atomic E-state index is 4.00. The van der Waals surface area contributed by atoms with Crippen molar-refractivity contribution in [3.05, 3.63) is 36.0 Å². The quantitative estimate of drug-likeness (QED) is 0.572. The summed E-state index contributed by atoms with van der Waals surface area (Å²) in [4.78, 5) is 0. The number of rotatable bonds is 4. The highest BCUT2D eigenvalue weighted by Gasteiger charge is 2.16. The molecular formula is C15H24. The number of allylic oxidation sites excluding steroid dienone is 5. The first-order valence-electron chi connectivity index (χ1n) is 6.09. The average molecular weight is 204 g/mol. The topological polar surface area (TPSA) is 0 Å². The Kier molecular flexibility index (Phi) is 4.87. The van der Waals surface area contributed by atoms with Crippen molar-refractivity contribution >= 4 is 0 Å². The fourth-order valence-electron chi connectivity index (χ4n) is 2.11. The SMILES string of the molecule is C=C1C=C[C@H](C(C)CCC=C(C)C)CC1. The lowest BCUT2D eigenvalue weighted by Crippen LogP contribution is -2.12.